The summed E-state index contributed by atoms with van der Waals surface area (Å²) in [6, 6.07) is 16.2. The number of amides is 2. The van der Waals surface area contributed by atoms with Gasteiger partial charge in [-0.05, 0) is 42.7 Å². The molecule has 2 aromatic carbocycles. The smallest absolute Gasteiger partial charge is 0.244 e. The number of ether oxygens (including phenoxy) is 1. The summed E-state index contributed by atoms with van der Waals surface area (Å²) in [6.07, 6.45) is 5.50. The highest BCUT2D eigenvalue weighted by atomic mass is 16.5. The van der Waals surface area contributed by atoms with Gasteiger partial charge in [0.25, 0.3) is 0 Å². The van der Waals surface area contributed by atoms with E-state index in [4.69, 9.17) is 4.74 Å². The van der Waals surface area contributed by atoms with Crippen molar-refractivity contribution in [3.05, 3.63) is 78.3 Å². The van der Waals surface area contributed by atoms with Crippen molar-refractivity contribution in [2.45, 2.75) is 32.4 Å². The number of hydrogen-bond donors (Lipinski definition) is 3. The number of nitrogens with zero attached hydrogens (tertiary/aromatic N) is 1. The van der Waals surface area contributed by atoms with Crippen molar-refractivity contribution < 1.29 is 14.3 Å². The first-order valence-electron chi connectivity index (χ1n) is 10.5. The van der Waals surface area contributed by atoms with Crippen LogP contribution in [0.4, 0.5) is 0 Å². The maximum atomic E-state index is 12.6. The van der Waals surface area contributed by atoms with Crippen molar-refractivity contribution in [1.29, 1.82) is 0 Å². The number of rotatable bonds is 9. The number of aromatic amines is 1. The first-order valence-corrected chi connectivity index (χ1v) is 10.5. The second-order valence-corrected chi connectivity index (χ2v) is 7.35. The summed E-state index contributed by atoms with van der Waals surface area (Å²) >= 11 is 0. The molecule has 0 saturated heterocycles. The predicted molar refractivity (Wildman–Crippen MR) is 125 cm³/mol. The lowest BCUT2D eigenvalue weighted by Gasteiger charge is -2.18. The Labute approximate surface area is 187 Å². The van der Waals surface area contributed by atoms with Gasteiger partial charge in [0.2, 0.25) is 11.8 Å². The number of aromatic nitrogens is 2. The van der Waals surface area contributed by atoms with Crippen LogP contribution in [0.1, 0.15) is 37.7 Å². The number of carbonyl (C=O) groups excluding carboxylic acids is 2. The molecule has 3 rings (SSSR count). The molecule has 1 heterocycles. The van der Waals surface area contributed by atoms with Crippen molar-refractivity contribution in [3.63, 3.8) is 0 Å². The van der Waals surface area contributed by atoms with Crippen molar-refractivity contribution in [2.75, 3.05) is 7.11 Å². The van der Waals surface area contributed by atoms with Gasteiger partial charge in [0.1, 0.15) is 17.6 Å². The van der Waals surface area contributed by atoms with Gasteiger partial charge >= 0.3 is 0 Å². The number of carbonyl (C=O) groups is 2. The second kappa shape index (κ2) is 10.9. The minimum Gasteiger partial charge on any atom is -0.497 e. The molecule has 2 amide bonds. The van der Waals surface area contributed by atoms with E-state index in [0.717, 1.165) is 22.6 Å². The third kappa shape index (κ3) is 6.07. The van der Waals surface area contributed by atoms with Crippen molar-refractivity contribution >= 4 is 17.9 Å². The van der Waals surface area contributed by atoms with E-state index in [1.807, 2.05) is 61.5 Å². The van der Waals surface area contributed by atoms with E-state index < -0.39 is 6.04 Å². The minimum absolute atomic E-state index is 0.277. The van der Waals surface area contributed by atoms with Crippen LogP contribution in [0.5, 0.6) is 5.75 Å². The molecule has 7 heteroatoms. The number of methoxy groups -OCH3 is 1. The lowest BCUT2D eigenvalue weighted by atomic mass is 10.1. The summed E-state index contributed by atoms with van der Waals surface area (Å²) in [5.74, 6) is 0.800. The molecule has 0 saturated carbocycles. The SMILES string of the molecule is CCC(NC(=O)C(C)NC(=O)/C=C/c1ccc(OC)cc1)c1ncc(-c2ccccc2)[nH]1. The van der Waals surface area contributed by atoms with Gasteiger partial charge in [0, 0.05) is 6.08 Å². The Morgan fingerprint density at radius 1 is 1.09 bits per heavy atom. The maximum absolute atomic E-state index is 12.6. The standard InChI is InChI=1S/C25H28N4O3/c1-4-21(24-26-16-22(28-24)19-8-6-5-7-9-19)29-25(31)17(2)27-23(30)15-12-18-10-13-20(32-3)14-11-18/h5-17,21H,4H2,1-3H3,(H,26,28)(H,27,30)(H,29,31)/b15-12+. The molecule has 2 unspecified atom stereocenters. The third-order valence-electron chi connectivity index (χ3n) is 5.03. The number of imidazole rings is 1. The largest absolute Gasteiger partial charge is 0.497 e. The van der Waals surface area contributed by atoms with Crippen LogP contribution in [0.25, 0.3) is 17.3 Å². The first kappa shape index (κ1) is 22.8. The lowest BCUT2D eigenvalue weighted by Crippen LogP contribution is -2.45. The van der Waals surface area contributed by atoms with Crippen LogP contribution in [-0.4, -0.2) is 34.9 Å². The average molecular weight is 433 g/mol. The zero-order chi connectivity index (χ0) is 22.9. The summed E-state index contributed by atoms with van der Waals surface area (Å²) in [6.45, 7) is 3.62. The van der Waals surface area contributed by atoms with E-state index in [1.54, 1.807) is 26.3 Å². The van der Waals surface area contributed by atoms with E-state index in [-0.39, 0.29) is 17.9 Å². The molecule has 166 valence electrons. The van der Waals surface area contributed by atoms with Gasteiger partial charge in [-0.15, -0.1) is 0 Å². The number of nitrogens with one attached hydrogen (secondary N) is 3. The van der Waals surface area contributed by atoms with Gasteiger partial charge in [-0.3, -0.25) is 9.59 Å². The second-order valence-electron chi connectivity index (χ2n) is 7.35. The highest BCUT2D eigenvalue weighted by Gasteiger charge is 2.21. The normalized spacial score (nSPS) is 12.8. The molecule has 7 nitrogen and oxygen atoms in total. The summed E-state index contributed by atoms with van der Waals surface area (Å²) < 4.78 is 5.12. The van der Waals surface area contributed by atoms with Crippen molar-refractivity contribution in [1.82, 2.24) is 20.6 Å². The third-order valence-corrected chi connectivity index (χ3v) is 5.03. The quantitative estimate of drug-likeness (QED) is 0.447. The zero-order valence-corrected chi connectivity index (χ0v) is 18.5. The Balaban J connectivity index is 1.55. The van der Waals surface area contributed by atoms with E-state index >= 15 is 0 Å². The number of hydrogen-bond acceptors (Lipinski definition) is 4. The molecule has 32 heavy (non-hydrogen) atoms. The van der Waals surface area contributed by atoms with Crippen LogP contribution in [-0.2, 0) is 9.59 Å². The Morgan fingerprint density at radius 3 is 2.47 bits per heavy atom. The van der Waals surface area contributed by atoms with Gasteiger partial charge in [-0.25, -0.2) is 4.98 Å². The van der Waals surface area contributed by atoms with E-state index in [2.05, 4.69) is 20.6 Å². The Bertz CT molecular complexity index is 1060. The molecular formula is C25H28N4O3. The monoisotopic (exact) mass is 432 g/mol. The molecule has 3 N–H and O–H groups in total. The average Bonchev–Trinajstić information content (AvgIpc) is 3.32. The van der Waals surface area contributed by atoms with Crippen LogP contribution in [0.2, 0.25) is 0 Å². The summed E-state index contributed by atoms with van der Waals surface area (Å²) in [7, 11) is 1.60. The van der Waals surface area contributed by atoms with Gasteiger partial charge < -0.3 is 20.4 Å². The molecular weight excluding hydrogens is 404 g/mol. The zero-order valence-electron chi connectivity index (χ0n) is 18.5. The molecule has 3 aromatic rings. The van der Waals surface area contributed by atoms with Crippen LogP contribution < -0.4 is 15.4 Å². The minimum atomic E-state index is -0.694. The van der Waals surface area contributed by atoms with E-state index in [9.17, 15) is 9.59 Å². The van der Waals surface area contributed by atoms with Crippen molar-refractivity contribution in [2.24, 2.45) is 0 Å². The highest BCUT2D eigenvalue weighted by Crippen LogP contribution is 2.20. The van der Waals surface area contributed by atoms with Crippen LogP contribution in [0.3, 0.4) is 0 Å². The fraction of sp³-hybridized carbons (Fsp3) is 0.240. The van der Waals surface area contributed by atoms with Crippen LogP contribution >= 0.6 is 0 Å². The Morgan fingerprint density at radius 2 is 1.81 bits per heavy atom. The molecule has 0 fully saturated rings. The van der Waals surface area contributed by atoms with Crippen molar-refractivity contribution in [3.8, 4) is 17.0 Å². The number of H-pyrrole nitrogens is 1. The first-order chi connectivity index (χ1) is 15.5. The fourth-order valence-electron chi connectivity index (χ4n) is 3.15. The van der Waals surface area contributed by atoms with E-state index in [1.165, 1.54) is 6.08 Å². The highest BCUT2D eigenvalue weighted by molar-refractivity contribution is 5.95. The van der Waals surface area contributed by atoms with Gasteiger partial charge in [-0.2, -0.15) is 0 Å². The molecule has 0 aliphatic carbocycles. The van der Waals surface area contributed by atoms with Crippen LogP contribution in [0, 0.1) is 0 Å². The Hall–Kier alpha value is -3.87. The van der Waals surface area contributed by atoms with Gasteiger partial charge in [-0.1, -0.05) is 49.4 Å². The lowest BCUT2D eigenvalue weighted by molar-refractivity contribution is -0.127. The topological polar surface area (TPSA) is 96.1 Å². The number of benzene rings is 2. The molecule has 0 spiro atoms. The Kier molecular flexibility index (Phi) is 7.80. The molecule has 0 aliphatic rings. The summed E-state index contributed by atoms with van der Waals surface area (Å²) in [5, 5.41) is 5.65. The van der Waals surface area contributed by atoms with Crippen LogP contribution in [0.15, 0.2) is 66.9 Å². The van der Waals surface area contributed by atoms with E-state index in [0.29, 0.717) is 12.2 Å². The molecule has 0 bridgehead atoms. The summed E-state index contributed by atoms with van der Waals surface area (Å²) in [5.41, 5.74) is 2.77. The molecule has 2 atom stereocenters. The maximum Gasteiger partial charge on any atom is 0.244 e. The molecule has 0 radical (unpaired) electrons. The fourth-order valence-corrected chi connectivity index (χ4v) is 3.15. The summed E-state index contributed by atoms with van der Waals surface area (Å²) in [4.78, 5) is 32.6. The molecule has 0 aliphatic heterocycles. The predicted octanol–water partition coefficient (Wildman–Crippen LogP) is 3.87. The van der Waals surface area contributed by atoms with Gasteiger partial charge in [0.05, 0.1) is 25.0 Å². The van der Waals surface area contributed by atoms with Gasteiger partial charge in [0.15, 0.2) is 0 Å². The molecule has 1 aromatic heterocycles.